The molecule has 2 aromatic carbocycles. The maximum atomic E-state index is 12.5. The normalized spacial score (nSPS) is 11.0. The topological polar surface area (TPSA) is 84.5 Å². The van der Waals surface area contributed by atoms with E-state index in [-0.39, 0.29) is 17.4 Å². The molecule has 0 bridgehead atoms. The summed E-state index contributed by atoms with van der Waals surface area (Å²) in [6.07, 6.45) is 0. The maximum Gasteiger partial charge on any atom is 0.261 e. The van der Waals surface area contributed by atoms with Gasteiger partial charge < -0.3 is 10.1 Å². The van der Waals surface area contributed by atoms with E-state index in [1.54, 1.807) is 6.07 Å². The number of nitrogens with one attached hydrogen (secondary N) is 2. The van der Waals surface area contributed by atoms with Crippen LogP contribution in [0.2, 0.25) is 0 Å². The number of aryl methyl sites for hydroxylation is 2. The molecular weight excluding hydrogens is 328 g/mol. The summed E-state index contributed by atoms with van der Waals surface area (Å²) in [5.41, 5.74) is 2.36. The zero-order valence-electron chi connectivity index (χ0n) is 13.8. The molecule has 0 radical (unpaired) electrons. The van der Waals surface area contributed by atoms with Gasteiger partial charge in [-0.3, -0.25) is 9.52 Å². The van der Waals surface area contributed by atoms with Crippen LogP contribution in [-0.2, 0) is 14.8 Å². The minimum absolute atomic E-state index is 0.121. The predicted octanol–water partition coefficient (Wildman–Crippen LogP) is 2.23. The van der Waals surface area contributed by atoms with Gasteiger partial charge in [0.15, 0.2) is 6.61 Å². The van der Waals surface area contributed by atoms with Gasteiger partial charge in [-0.25, -0.2) is 8.42 Å². The van der Waals surface area contributed by atoms with E-state index in [0.717, 1.165) is 11.1 Å². The Balaban J connectivity index is 2.14. The first kappa shape index (κ1) is 17.8. The zero-order chi connectivity index (χ0) is 17.7. The molecule has 2 aromatic rings. The van der Waals surface area contributed by atoms with Crippen LogP contribution in [0.3, 0.4) is 0 Å². The van der Waals surface area contributed by atoms with Gasteiger partial charge in [-0.1, -0.05) is 12.1 Å². The van der Waals surface area contributed by atoms with Crippen molar-refractivity contribution >= 4 is 21.6 Å². The van der Waals surface area contributed by atoms with Gasteiger partial charge in [-0.15, -0.1) is 0 Å². The van der Waals surface area contributed by atoms with Crippen molar-refractivity contribution in [3.8, 4) is 5.75 Å². The second-order valence-electron chi connectivity index (χ2n) is 5.36. The number of anilines is 1. The molecule has 0 heterocycles. The molecule has 0 atom stereocenters. The van der Waals surface area contributed by atoms with Gasteiger partial charge >= 0.3 is 0 Å². The molecule has 0 saturated carbocycles. The molecule has 0 saturated heterocycles. The summed E-state index contributed by atoms with van der Waals surface area (Å²) < 4.78 is 32.8. The first-order valence-corrected chi connectivity index (χ1v) is 8.83. The summed E-state index contributed by atoms with van der Waals surface area (Å²) >= 11 is 0. The molecule has 24 heavy (non-hydrogen) atoms. The second kappa shape index (κ2) is 7.35. The lowest BCUT2D eigenvalue weighted by atomic mass is 10.1. The van der Waals surface area contributed by atoms with Crippen LogP contribution in [0.4, 0.5) is 5.69 Å². The Labute approximate surface area is 141 Å². The average molecular weight is 348 g/mol. The lowest BCUT2D eigenvalue weighted by molar-refractivity contribution is -0.122. The number of rotatable bonds is 6. The summed E-state index contributed by atoms with van der Waals surface area (Å²) in [7, 11) is -2.18. The van der Waals surface area contributed by atoms with Gasteiger partial charge in [0.1, 0.15) is 5.75 Å². The summed E-state index contributed by atoms with van der Waals surface area (Å²) in [5.74, 6) is 0.160. The number of carbonyl (C=O) groups is 1. The molecule has 0 aromatic heterocycles. The first-order chi connectivity index (χ1) is 11.3. The van der Waals surface area contributed by atoms with Crippen molar-refractivity contribution < 1.29 is 17.9 Å². The smallest absolute Gasteiger partial charge is 0.261 e. The fraction of sp³-hybridized carbons (Fsp3) is 0.235. The molecular formula is C17H20N2O4S. The molecule has 0 aliphatic heterocycles. The van der Waals surface area contributed by atoms with Crippen molar-refractivity contribution in [1.29, 1.82) is 0 Å². The molecule has 6 nitrogen and oxygen atoms in total. The van der Waals surface area contributed by atoms with E-state index in [9.17, 15) is 13.2 Å². The quantitative estimate of drug-likeness (QED) is 0.838. The summed E-state index contributed by atoms with van der Waals surface area (Å²) in [6, 6.07) is 11.5. The van der Waals surface area contributed by atoms with Crippen molar-refractivity contribution in [3.05, 3.63) is 53.6 Å². The Bertz CT molecular complexity index is 830. The van der Waals surface area contributed by atoms with Crippen molar-refractivity contribution in [2.75, 3.05) is 18.4 Å². The van der Waals surface area contributed by atoms with E-state index in [1.807, 2.05) is 26.0 Å². The molecule has 2 N–H and O–H groups in total. The van der Waals surface area contributed by atoms with E-state index < -0.39 is 10.0 Å². The molecule has 0 aliphatic rings. The molecule has 0 spiro atoms. The molecule has 0 aliphatic carbocycles. The highest BCUT2D eigenvalue weighted by Gasteiger charge is 2.15. The standard InChI is InChI=1S/C17H20N2O4S/c1-12-4-5-13(2)16(10-12)19-24(21,22)15-8-6-14(7-9-15)23-11-17(20)18-3/h4-10,19H,11H2,1-3H3,(H,18,20). The third-order valence-electron chi connectivity index (χ3n) is 3.42. The third-order valence-corrected chi connectivity index (χ3v) is 4.80. The van der Waals surface area contributed by atoms with E-state index in [1.165, 1.54) is 31.3 Å². The number of sulfonamides is 1. The van der Waals surface area contributed by atoms with Gasteiger partial charge in [-0.05, 0) is 55.3 Å². The lowest BCUT2D eigenvalue weighted by Gasteiger charge is -2.12. The summed E-state index contributed by atoms with van der Waals surface area (Å²) in [4.78, 5) is 11.3. The molecule has 2 rings (SSSR count). The number of carbonyl (C=O) groups excluding carboxylic acids is 1. The zero-order valence-corrected chi connectivity index (χ0v) is 14.6. The highest BCUT2D eigenvalue weighted by Crippen LogP contribution is 2.22. The number of likely N-dealkylation sites (N-methyl/N-ethyl adjacent to an activating group) is 1. The van der Waals surface area contributed by atoms with Crippen LogP contribution < -0.4 is 14.8 Å². The Kier molecular flexibility index (Phi) is 5.46. The van der Waals surface area contributed by atoms with E-state index >= 15 is 0 Å². The highest BCUT2D eigenvalue weighted by molar-refractivity contribution is 7.92. The van der Waals surface area contributed by atoms with Crippen molar-refractivity contribution in [3.63, 3.8) is 0 Å². The Hall–Kier alpha value is -2.54. The van der Waals surface area contributed by atoms with Gasteiger partial charge in [0.2, 0.25) is 0 Å². The number of ether oxygens (including phenoxy) is 1. The fourth-order valence-electron chi connectivity index (χ4n) is 1.99. The SMILES string of the molecule is CNC(=O)COc1ccc(S(=O)(=O)Nc2cc(C)ccc2C)cc1. The predicted molar refractivity (Wildman–Crippen MR) is 92.7 cm³/mol. The van der Waals surface area contributed by atoms with Crippen LogP contribution >= 0.6 is 0 Å². The van der Waals surface area contributed by atoms with Crippen LogP contribution in [0.15, 0.2) is 47.4 Å². The highest BCUT2D eigenvalue weighted by atomic mass is 32.2. The monoisotopic (exact) mass is 348 g/mol. The minimum Gasteiger partial charge on any atom is -0.484 e. The van der Waals surface area contributed by atoms with Crippen LogP contribution in [-0.4, -0.2) is 28.0 Å². The summed E-state index contributed by atoms with van der Waals surface area (Å²) in [5, 5.41) is 2.44. The van der Waals surface area contributed by atoms with Crippen molar-refractivity contribution in [2.45, 2.75) is 18.7 Å². The van der Waals surface area contributed by atoms with Gasteiger partial charge in [-0.2, -0.15) is 0 Å². The van der Waals surface area contributed by atoms with E-state index in [2.05, 4.69) is 10.0 Å². The Morgan fingerprint density at radius 1 is 1.08 bits per heavy atom. The summed E-state index contributed by atoms with van der Waals surface area (Å²) in [6.45, 7) is 3.62. The largest absolute Gasteiger partial charge is 0.484 e. The van der Waals surface area contributed by atoms with Gasteiger partial charge in [0, 0.05) is 7.05 Å². The number of benzene rings is 2. The fourth-order valence-corrected chi connectivity index (χ4v) is 3.11. The Morgan fingerprint density at radius 2 is 1.75 bits per heavy atom. The minimum atomic E-state index is -3.69. The molecule has 0 unspecified atom stereocenters. The molecule has 7 heteroatoms. The third kappa shape index (κ3) is 4.48. The Morgan fingerprint density at radius 3 is 2.38 bits per heavy atom. The first-order valence-electron chi connectivity index (χ1n) is 7.35. The van der Waals surface area contributed by atoms with E-state index in [0.29, 0.717) is 11.4 Å². The maximum absolute atomic E-state index is 12.5. The number of hydrogen-bond acceptors (Lipinski definition) is 4. The van der Waals surface area contributed by atoms with Crippen LogP contribution in [0.1, 0.15) is 11.1 Å². The molecule has 128 valence electrons. The van der Waals surface area contributed by atoms with Gasteiger partial charge in [0.25, 0.3) is 15.9 Å². The van der Waals surface area contributed by atoms with E-state index in [4.69, 9.17) is 4.74 Å². The van der Waals surface area contributed by atoms with Crippen LogP contribution in [0.25, 0.3) is 0 Å². The van der Waals surface area contributed by atoms with Crippen molar-refractivity contribution in [1.82, 2.24) is 5.32 Å². The number of amides is 1. The van der Waals surface area contributed by atoms with Gasteiger partial charge in [0.05, 0.1) is 10.6 Å². The molecule has 1 amide bonds. The second-order valence-corrected chi connectivity index (χ2v) is 7.04. The lowest BCUT2D eigenvalue weighted by Crippen LogP contribution is -2.24. The average Bonchev–Trinajstić information content (AvgIpc) is 2.56. The van der Waals surface area contributed by atoms with Crippen LogP contribution in [0.5, 0.6) is 5.75 Å². The molecule has 0 fully saturated rings. The van der Waals surface area contributed by atoms with Crippen molar-refractivity contribution in [2.24, 2.45) is 0 Å². The number of hydrogen-bond donors (Lipinski definition) is 2. The van der Waals surface area contributed by atoms with Crippen LogP contribution in [0, 0.1) is 13.8 Å².